The summed E-state index contributed by atoms with van der Waals surface area (Å²) >= 11 is 0. The molecule has 4 nitrogen and oxygen atoms in total. The standard InChI is InChI=1S/C13H16O2.C5H9N2.K/c1-3-11-8-10(9-14)4-5-12(11)13(15-2)6-7-13;1-3-2-4(3)5(6)7;/h4-5,8-9H,3,6-7H2,1-2H3;3-4H,2H2,1H3,(H2-,6,7);/q;-1;+1. The van der Waals surface area contributed by atoms with Crippen LogP contribution in [-0.4, -0.2) is 19.2 Å². The van der Waals surface area contributed by atoms with Crippen LogP contribution in [0.2, 0.25) is 0 Å². The average Bonchev–Trinajstić information content (AvgIpc) is 3.43. The monoisotopic (exact) mass is 340 g/mol. The zero-order chi connectivity index (χ0) is 16.3. The molecule has 2 atom stereocenters. The van der Waals surface area contributed by atoms with Crippen molar-refractivity contribution in [2.45, 2.75) is 45.1 Å². The molecule has 120 valence electrons. The first-order valence-electron chi connectivity index (χ1n) is 7.92. The Morgan fingerprint density at radius 2 is 2.09 bits per heavy atom. The van der Waals surface area contributed by atoms with Gasteiger partial charge in [0.05, 0.1) is 5.60 Å². The van der Waals surface area contributed by atoms with Gasteiger partial charge in [0.1, 0.15) is 6.29 Å². The second kappa shape index (κ2) is 8.88. The van der Waals surface area contributed by atoms with Gasteiger partial charge in [-0.25, -0.2) is 0 Å². The van der Waals surface area contributed by atoms with Gasteiger partial charge in [0, 0.05) is 12.7 Å². The van der Waals surface area contributed by atoms with Gasteiger partial charge in [0.25, 0.3) is 0 Å². The summed E-state index contributed by atoms with van der Waals surface area (Å²) in [4.78, 5) is 10.7. The SMILES string of the molecule is CC1CC1C(=[N-])N.CCc1cc(C=O)ccc1C1(OC)CC1.[K+]. The quantitative estimate of drug-likeness (QED) is 0.362. The van der Waals surface area contributed by atoms with Crippen LogP contribution in [0, 0.1) is 11.8 Å². The van der Waals surface area contributed by atoms with E-state index in [1.165, 1.54) is 11.1 Å². The van der Waals surface area contributed by atoms with Crippen LogP contribution in [0.3, 0.4) is 0 Å². The summed E-state index contributed by atoms with van der Waals surface area (Å²) in [6.45, 7) is 4.19. The maximum atomic E-state index is 10.7. The van der Waals surface area contributed by atoms with Crippen molar-refractivity contribution >= 4 is 12.1 Å². The molecule has 2 aliphatic rings. The minimum atomic E-state index is -0.0489. The second-order valence-corrected chi connectivity index (χ2v) is 6.33. The van der Waals surface area contributed by atoms with E-state index >= 15 is 0 Å². The van der Waals surface area contributed by atoms with Crippen LogP contribution in [0.5, 0.6) is 0 Å². The van der Waals surface area contributed by atoms with Gasteiger partial charge in [-0.1, -0.05) is 31.8 Å². The molecule has 0 amide bonds. The number of nitrogens with two attached hydrogens (primary N) is 1. The Labute approximate surface area is 181 Å². The molecular formula is C18H25KN2O2. The zero-order valence-electron chi connectivity index (χ0n) is 14.6. The summed E-state index contributed by atoms with van der Waals surface area (Å²) in [5, 5.41) is 8.56. The Kier molecular flexibility index (Phi) is 8.11. The van der Waals surface area contributed by atoms with E-state index in [1.54, 1.807) is 7.11 Å². The van der Waals surface area contributed by atoms with E-state index in [0.717, 1.165) is 37.5 Å². The van der Waals surface area contributed by atoms with Crippen molar-refractivity contribution in [3.05, 3.63) is 40.3 Å². The maximum absolute atomic E-state index is 10.7. The molecule has 0 heterocycles. The molecule has 2 saturated carbocycles. The number of methoxy groups -OCH3 is 1. The van der Waals surface area contributed by atoms with Gasteiger partial charge in [0.2, 0.25) is 0 Å². The van der Waals surface area contributed by atoms with Gasteiger partial charge in [0.15, 0.2) is 0 Å². The molecule has 2 fully saturated rings. The van der Waals surface area contributed by atoms with Gasteiger partial charge in [-0.05, 0) is 54.7 Å². The second-order valence-electron chi connectivity index (χ2n) is 6.33. The number of aryl methyl sites for hydroxylation is 1. The molecule has 0 bridgehead atoms. The van der Waals surface area contributed by atoms with Gasteiger partial charge in [-0.3, -0.25) is 4.79 Å². The molecule has 3 rings (SSSR count). The molecule has 0 saturated heterocycles. The summed E-state index contributed by atoms with van der Waals surface area (Å²) in [5.41, 5.74) is 8.26. The molecule has 5 heteroatoms. The maximum Gasteiger partial charge on any atom is 1.00 e. The van der Waals surface area contributed by atoms with Crippen molar-refractivity contribution in [1.29, 1.82) is 0 Å². The van der Waals surface area contributed by atoms with E-state index in [1.807, 2.05) is 18.2 Å². The third-order valence-electron chi connectivity index (χ3n) is 4.72. The van der Waals surface area contributed by atoms with E-state index < -0.39 is 0 Å². The first-order chi connectivity index (χ1) is 10.5. The van der Waals surface area contributed by atoms with Crippen LogP contribution in [0.4, 0.5) is 0 Å². The topological polar surface area (TPSA) is 74.6 Å². The van der Waals surface area contributed by atoms with Crippen LogP contribution in [0.1, 0.15) is 54.6 Å². The van der Waals surface area contributed by atoms with Crippen LogP contribution < -0.4 is 57.1 Å². The number of carbonyl (C=O) groups excluding carboxylic acids is 1. The fourth-order valence-electron chi connectivity index (χ4n) is 2.86. The summed E-state index contributed by atoms with van der Waals surface area (Å²) in [6, 6.07) is 5.89. The Morgan fingerprint density at radius 1 is 1.48 bits per heavy atom. The summed E-state index contributed by atoms with van der Waals surface area (Å²) in [7, 11) is 1.76. The van der Waals surface area contributed by atoms with Crippen molar-refractivity contribution in [3.8, 4) is 0 Å². The van der Waals surface area contributed by atoms with E-state index in [9.17, 15) is 4.79 Å². The Bertz CT molecular complexity index is 570. The van der Waals surface area contributed by atoms with Crippen LogP contribution in [-0.2, 0) is 16.8 Å². The largest absolute Gasteiger partial charge is 1.00 e. The molecule has 1 aromatic rings. The molecule has 2 aliphatic carbocycles. The van der Waals surface area contributed by atoms with Crippen molar-refractivity contribution < 1.29 is 60.9 Å². The van der Waals surface area contributed by atoms with Crippen molar-refractivity contribution in [3.63, 3.8) is 0 Å². The van der Waals surface area contributed by atoms with Gasteiger partial charge >= 0.3 is 51.4 Å². The summed E-state index contributed by atoms with van der Waals surface area (Å²) in [5.74, 6) is 1.07. The third-order valence-corrected chi connectivity index (χ3v) is 4.72. The van der Waals surface area contributed by atoms with E-state index in [0.29, 0.717) is 11.8 Å². The van der Waals surface area contributed by atoms with Crippen molar-refractivity contribution in [2.24, 2.45) is 17.6 Å². The molecule has 1 aromatic carbocycles. The Balaban J connectivity index is 0.000000280. The number of amidine groups is 1. The number of hydrogen-bond donors (Lipinski definition) is 1. The number of aldehydes is 1. The molecule has 0 radical (unpaired) electrons. The number of carbonyl (C=O) groups is 1. The zero-order valence-corrected chi connectivity index (χ0v) is 17.8. The summed E-state index contributed by atoms with van der Waals surface area (Å²) in [6.07, 6.45) is 5.10. The van der Waals surface area contributed by atoms with Gasteiger partial charge in [-0.2, -0.15) is 0 Å². The molecule has 23 heavy (non-hydrogen) atoms. The van der Waals surface area contributed by atoms with Crippen molar-refractivity contribution in [2.75, 3.05) is 7.11 Å². The van der Waals surface area contributed by atoms with E-state index in [4.69, 9.17) is 15.9 Å². The first-order valence-corrected chi connectivity index (χ1v) is 7.92. The Morgan fingerprint density at radius 3 is 2.39 bits per heavy atom. The molecule has 0 aliphatic heterocycles. The van der Waals surface area contributed by atoms with Crippen LogP contribution >= 0.6 is 0 Å². The number of benzene rings is 1. The normalized spacial score (nSPS) is 22.9. The number of hydrogen-bond acceptors (Lipinski definition) is 2. The average molecular weight is 341 g/mol. The predicted molar refractivity (Wildman–Crippen MR) is 89.0 cm³/mol. The fourth-order valence-corrected chi connectivity index (χ4v) is 2.86. The van der Waals surface area contributed by atoms with Crippen molar-refractivity contribution in [1.82, 2.24) is 0 Å². The summed E-state index contributed by atoms with van der Waals surface area (Å²) < 4.78 is 5.56. The van der Waals surface area contributed by atoms with E-state index in [-0.39, 0.29) is 62.8 Å². The number of ether oxygens (including phenoxy) is 1. The number of rotatable bonds is 5. The molecule has 2 unspecified atom stereocenters. The molecule has 0 spiro atoms. The molecule has 0 aromatic heterocycles. The fraction of sp³-hybridized carbons (Fsp3) is 0.556. The Hall–Kier alpha value is -0.0436. The minimum absolute atomic E-state index is 0. The smallest absolute Gasteiger partial charge is 0.498 e. The third kappa shape index (κ3) is 5.21. The van der Waals surface area contributed by atoms with E-state index in [2.05, 4.69) is 13.8 Å². The molecule has 2 N–H and O–H groups in total. The van der Waals surface area contributed by atoms with Gasteiger partial charge < -0.3 is 15.9 Å². The predicted octanol–water partition coefficient (Wildman–Crippen LogP) is 0.270. The number of nitrogens with zero attached hydrogens (tertiary/aromatic N) is 1. The van der Waals surface area contributed by atoms with Crippen LogP contribution in [0.15, 0.2) is 18.2 Å². The van der Waals surface area contributed by atoms with Crippen LogP contribution in [0.25, 0.3) is 5.41 Å². The minimum Gasteiger partial charge on any atom is -0.498 e. The van der Waals surface area contributed by atoms with Gasteiger partial charge in [-0.15, -0.1) is 0 Å². The molecular weight excluding hydrogens is 315 g/mol. The first kappa shape index (κ1) is 21.0.